The van der Waals surface area contributed by atoms with E-state index >= 15 is 0 Å². The SMILES string of the molecule is O=[N+]([O-])C=C1NCCN1Cc1cnc(Cl)cn1. The highest BCUT2D eigenvalue weighted by atomic mass is 35.5. The first kappa shape index (κ1) is 11.6. The third-order valence-corrected chi connectivity index (χ3v) is 2.48. The van der Waals surface area contributed by atoms with Gasteiger partial charge in [0.1, 0.15) is 5.15 Å². The molecule has 1 aliphatic rings. The van der Waals surface area contributed by atoms with Crippen LogP contribution in [0.5, 0.6) is 0 Å². The number of nitro groups is 1. The van der Waals surface area contributed by atoms with Crippen molar-refractivity contribution >= 4 is 11.6 Å². The van der Waals surface area contributed by atoms with Crippen molar-refractivity contribution in [3.8, 4) is 0 Å². The maximum Gasteiger partial charge on any atom is 0.274 e. The molecule has 0 radical (unpaired) electrons. The zero-order valence-electron chi connectivity index (χ0n) is 8.84. The topological polar surface area (TPSA) is 84.2 Å². The highest BCUT2D eigenvalue weighted by molar-refractivity contribution is 6.29. The first-order chi connectivity index (χ1) is 8.15. The molecule has 2 heterocycles. The van der Waals surface area contributed by atoms with Crippen molar-refractivity contribution in [1.82, 2.24) is 20.2 Å². The van der Waals surface area contributed by atoms with E-state index in [4.69, 9.17) is 11.6 Å². The van der Waals surface area contributed by atoms with Crippen LogP contribution in [-0.4, -0.2) is 32.9 Å². The van der Waals surface area contributed by atoms with Crippen LogP contribution < -0.4 is 5.32 Å². The van der Waals surface area contributed by atoms with Gasteiger partial charge >= 0.3 is 0 Å². The Balaban J connectivity index is 2.07. The predicted octanol–water partition coefficient (Wildman–Crippen LogP) is 0.611. The smallest absolute Gasteiger partial charge is 0.274 e. The quantitative estimate of drug-likeness (QED) is 0.629. The number of aromatic nitrogens is 2. The molecule has 1 aromatic rings. The Morgan fingerprint density at radius 1 is 1.59 bits per heavy atom. The molecule has 90 valence electrons. The van der Waals surface area contributed by atoms with Crippen LogP contribution in [0.15, 0.2) is 24.4 Å². The lowest BCUT2D eigenvalue weighted by Crippen LogP contribution is -2.21. The zero-order chi connectivity index (χ0) is 12.3. The Morgan fingerprint density at radius 2 is 2.41 bits per heavy atom. The van der Waals surface area contributed by atoms with E-state index in [9.17, 15) is 10.1 Å². The summed E-state index contributed by atoms with van der Waals surface area (Å²) in [5, 5.41) is 13.7. The second-order valence-electron chi connectivity index (χ2n) is 3.48. The lowest BCUT2D eigenvalue weighted by atomic mass is 10.4. The van der Waals surface area contributed by atoms with Gasteiger partial charge in [-0.25, -0.2) is 4.98 Å². The zero-order valence-corrected chi connectivity index (χ0v) is 9.59. The molecule has 0 amide bonds. The number of halogens is 1. The maximum atomic E-state index is 10.4. The van der Waals surface area contributed by atoms with Gasteiger partial charge in [-0.05, 0) is 0 Å². The Bertz CT molecular complexity index is 447. The van der Waals surface area contributed by atoms with E-state index in [0.29, 0.717) is 36.3 Å². The lowest BCUT2D eigenvalue weighted by Gasteiger charge is -2.15. The summed E-state index contributed by atoms with van der Waals surface area (Å²) in [6, 6.07) is 0. The fraction of sp³-hybridized carbons (Fsp3) is 0.333. The van der Waals surface area contributed by atoms with E-state index in [1.165, 1.54) is 6.20 Å². The van der Waals surface area contributed by atoms with Crippen molar-refractivity contribution < 1.29 is 4.92 Å². The molecule has 2 rings (SSSR count). The van der Waals surface area contributed by atoms with Crippen LogP contribution in [0.25, 0.3) is 0 Å². The van der Waals surface area contributed by atoms with Crippen LogP contribution in [0.1, 0.15) is 5.69 Å². The molecule has 7 nitrogen and oxygen atoms in total. The summed E-state index contributed by atoms with van der Waals surface area (Å²) in [7, 11) is 0. The van der Waals surface area contributed by atoms with Crippen LogP contribution in [0.2, 0.25) is 5.15 Å². The fourth-order valence-electron chi connectivity index (χ4n) is 1.56. The maximum absolute atomic E-state index is 10.4. The van der Waals surface area contributed by atoms with Crippen molar-refractivity contribution in [2.45, 2.75) is 6.54 Å². The van der Waals surface area contributed by atoms with E-state index in [2.05, 4.69) is 15.3 Å². The summed E-state index contributed by atoms with van der Waals surface area (Å²) in [6.07, 6.45) is 3.97. The molecule has 0 atom stereocenters. The average molecular weight is 256 g/mol. The molecule has 0 bridgehead atoms. The lowest BCUT2D eigenvalue weighted by molar-refractivity contribution is -0.404. The molecule has 8 heteroatoms. The molecule has 0 unspecified atom stereocenters. The number of hydrogen-bond acceptors (Lipinski definition) is 6. The van der Waals surface area contributed by atoms with Gasteiger partial charge in [0.05, 0.1) is 29.6 Å². The van der Waals surface area contributed by atoms with Gasteiger partial charge in [-0.3, -0.25) is 15.1 Å². The molecule has 1 aromatic heterocycles. The summed E-state index contributed by atoms with van der Waals surface area (Å²) >= 11 is 5.63. The van der Waals surface area contributed by atoms with Crippen molar-refractivity contribution in [2.24, 2.45) is 0 Å². The van der Waals surface area contributed by atoms with E-state index in [-0.39, 0.29) is 0 Å². The van der Waals surface area contributed by atoms with Gasteiger partial charge in [-0.1, -0.05) is 11.6 Å². The molecule has 1 aliphatic heterocycles. The monoisotopic (exact) mass is 255 g/mol. The van der Waals surface area contributed by atoms with Crippen LogP contribution in [-0.2, 0) is 6.54 Å². The van der Waals surface area contributed by atoms with Crippen LogP contribution in [0.3, 0.4) is 0 Å². The Kier molecular flexibility index (Phi) is 3.38. The summed E-state index contributed by atoms with van der Waals surface area (Å²) < 4.78 is 0. The van der Waals surface area contributed by atoms with E-state index < -0.39 is 4.92 Å². The average Bonchev–Trinajstić information content (AvgIpc) is 2.68. The van der Waals surface area contributed by atoms with Gasteiger partial charge in [0.15, 0.2) is 5.82 Å². The first-order valence-corrected chi connectivity index (χ1v) is 5.33. The summed E-state index contributed by atoms with van der Waals surface area (Å²) in [5.41, 5.74) is 0.715. The Morgan fingerprint density at radius 3 is 3.06 bits per heavy atom. The minimum atomic E-state index is -0.478. The van der Waals surface area contributed by atoms with Gasteiger partial charge < -0.3 is 10.2 Å². The summed E-state index contributed by atoms with van der Waals surface area (Å²) in [5.74, 6) is 0.492. The minimum absolute atomic E-state index is 0.328. The summed E-state index contributed by atoms with van der Waals surface area (Å²) in [6.45, 7) is 1.85. The van der Waals surface area contributed by atoms with E-state index in [1.807, 2.05) is 4.90 Å². The predicted molar refractivity (Wildman–Crippen MR) is 60.5 cm³/mol. The molecule has 0 spiro atoms. The molecule has 0 aromatic carbocycles. The second kappa shape index (κ2) is 4.96. The van der Waals surface area contributed by atoms with Crippen LogP contribution >= 0.6 is 11.6 Å². The van der Waals surface area contributed by atoms with Crippen molar-refractivity contribution in [2.75, 3.05) is 13.1 Å². The minimum Gasteiger partial charge on any atom is -0.365 e. The molecule has 17 heavy (non-hydrogen) atoms. The number of hydrogen-bond donors (Lipinski definition) is 1. The molecule has 0 saturated carbocycles. The number of nitrogens with one attached hydrogen (secondary N) is 1. The molecular weight excluding hydrogens is 246 g/mol. The van der Waals surface area contributed by atoms with Gasteiger partial charge in [0.2, 0.25) is 0 Å². The summed E-state index contributed by atoms with van der Waals surface area (Å²) in [4.78, 5) is 19.8. The third kappa shape index (κ3) is 3.04. The van der Waals surface area contributed by atoms with Crippen molar-refractivity contribution in [1.29, 1.82) is 0 Å². The standard InChI is InChI=1S/C9H10ClN5O2/c10-8-4-12-7(3-13-8)5-14-2-1-11-9(14)6-15(16)17/h3-4,6,11H,1-2,5H2. The molecule has 1 N–H and O–H groups in total. The largest absolute Gasteiger partial charge is 0.365 e. The molecule has 1 saturated heterocycles. The Labute approximate surface area is 102 Å². The molecule has 0 aliphatic carbocycles. The molecular formula is C9H10ClN5O2. The van der Waals surface area contributed by atoms with E-state index in [1.54, 1.807) is 6.20 Å². The van der Waals surface area contributed by atoms with Crippen molar-refractivity contribution in [3.63, 3.8) is 0 Å². The van der Waals surface area contributed by atoms with Crippen LogP contribution in [0, 0.1) is 10.1 Å². The molecule has 1 fully saturated rings. The van der Waals surface area contributed by atoms with E-state index in [0.717, 1.165) is 6.20 Å². The first-order valence-electron chi connectivity index (χ1n) is 4.96. The van der Waals surface area contributed by atoms with Gasteiger partial charge in [-0.2, -0.15) is 0 Å². The van der Waals surface area contributed by atoms with Gasteiger partial charge in [-0.15, -0.1) is 0 Å². The highest BCUT2D eigenvalue weighted by Gasteiger charge is 2.19. The number of nitrogens with zero attached hydrogens (tertiary/aromatic N) is 4. The third-order valence-electron chi connectivity index (χ3n) is 2.28. The number of rotatable bonds is 3. The highest BCUT2D eigenvalue weighted by Crippen LogP contribution is 2.12. The van der Waals surface area contributed by atoms with Crippen molar-refractivity contribution in [3.05, 3.63) is 45.4 Å². The second-order valence-corrected chi connectivity index (χ2v) is 3.87. The Hall–Kier alpha value is -1.89. The van der Waals surface area contributed by atoms with Gasteiger partial charge in [0.25, 0.3) is 6.20 Å². The normalized spacial score (nSPS) is 17.2. The fourth-order valence-corrected chi connectivity index (χ4v) is 1.66. The van der Waals surface area contributed by atoms with Crippen LogP contribution in [0.4, 0.5) is 0 Å². The van der Waals surface area contributed by atoms with Gasteiger partial charge in [0, 0.05) is 13.1 Å².